The zero-order valence-electron chi connectivity index (χ0n) is 12.0. The molecule has 1 aromatic heterocycles. The first-order valence-electron chi connectivity index (χ1n) is 7.52. The fourth-order valence-corrected chi connectivity index (χ4v) is 3.61. The summed E-state index contributed by atoms with van der Waals surface area (Å²) in [5.74, 6) is 0.0621. The molecular formula is C17H19BrN2O. The number of fused-ring (bicyclic) bond motifs is 1. The molecule has 1 amide bonds. The van der Waals surface area contributed by atoms with Gasteiger partial charge in [0.25, 0.3) is 5.91 Å². The molecule has 0 radical (unpaired) electrons. The Balaban J connectivity index is 1.90. The van der Waals surface area contributed by atoms with Crippen molar-refractivity contribution in [2.75, 3.05) is 11.9 Å². The van der Waals surface area contributed by atoms with Crippen LogP contribution in [0.3, 0.4) is 0 Å². The molecule has 2 heterocycles. The number of nitrogens with zero attached hydrogens (tertiary/aromatic N) is 2. The molecule has 1 atom stereocenters. The zero-order chi connectivity index (χ0) is 14.7. The predicted molar refractivity (Wildman–Crippen MR) is 88.8 cm³/mol. The second kappa shape index (κ2) is 6.56. The zero-order valence-corrected chi connectivity index (χ0v) is 13.6. The number of carbonyl (C=O) groups is 1. The Morgan fingerprint density at radius 3 is 2.90 bits per heavy atom. The Hall–Kier alpha value is -1.42. The summed E-state index contributed by atoms with van der Waals surface area (Å²) in [6.45, 7) is 0.837. The van der Waals surface area contributed by atoms with Gasteiger partial charge in [-0.3, -0.25) is 4.79 Å². The van der Waals surface area contributed by atoms with Gasteiger partial charge in [-0.15, -0.1) is 0 Å². The molecule has 0 saturated carbocycles. The van der Waals surface area contributed by atoms with Gasteiger partial charge in [0, 0.05) is 23.3 Å². The number of benzene rings is 1. The number of halogens is 1. The van der Waals surface area contributed by atoms with Crippen LogP contribution < -0.4 is 0 Å². The summed E-state index contributed by atoms with van der Waals surface area (Å²) in [6, 6.07) is 12.0. The molecule has 1 aromatic carbocycles. The number of para-hydroxylation sites is 1. The number of hydrogen-bond acceptors (Lipinski definition) is 2. The number of pyridine rings is 1. The quantitative estimate of drug-likeness (QED) is 0.769. The molecule has 1 unspecified atom stereocenters. The smallest absolute Gasteiger partial charge is 0.272 e. The lowest BCUT2D eigenvalue weighted by molar-refractivity contribution is 0.0696. The molecule has 21 heavy (non-hydrogen) atoms. The van der Waals surface area contributed by atoms with E-state index < -0.39 is 0 Å². The monoisotopic (exact) mass is 346 g/mol. The lowest BCUT2D eigenvalue weighted by Gasteiger charge is -2.28. The van der Waals surface area contributed by atoms with Crippen LogP contribution in [0, 0.1) is 0 Å². The summed E-state index contributed by atoms with van der Waals surface area (Å²) in [5, 5.41) is 1.91. The van der Waals surface area contributed by atoms with Gasteiger partial charge in [-0.1, -0.05) is 53.0 Å². The van der Waals surface area contributed by atoms with Crippen molar-refractivity contribution < 1.29 is 4.79 Å². The highest BCUT2D eigenvalue weighted by atomic mass is 79.9. The van der Waals surface area contributed by atoms with Crippen molar-refractivity contribution in [2.24, 2.45) is 0 Å². The topological polar surface area (TPSA) is 33.2 Å². The standard InChI is InChI=1S/C17H19BrN2O/c18-12-14-7-2-1-5-11-20(14)17(21)16-10-9-13-6-3-4-8-15(13)19-16/h3-4,6,8-10,14H,1-2,5,7,11-12H2. The molecule has 0 bridgehead atoms. The number of aromatic nitrogens is 1. The molecule has 0 aliphatic carbocycles. The molecule has 1 aliphatic rings. The third-order valence-electron chi connectivity index (χ3n) is 4.13. The highest BCUT2D eigenvalue weighted by molar-refractivity contribution is 9.09. The first kappa shape index (κ1) is 14.5. The van der Waals surface area contributed by atoms with E-state index in [9.17, 15) is 4.79 Å². The van der Waals surface area contributed by atoms with E-state index in [1.165, 1.54) is 12.8 Å². The van der Waals surface area contributed by atoms with Crippen molar-refractivity contribution >= 4 is 32.7 Å². The van der Waals surface area contributed by atoms with Gasteiger partial charge in [0.15, 0.2) is 0 Å². The van der Waals surface area contributed by atoms with Crippen molar-refractivity contribution in [1.29, 1.82) is 0 Å². The van der Waals surface area contributed by atoms with E-state index in [1.807, 2.05) is 41.3 Å². The van der Waals surface area contributed by atoms with Gasteiger partial charge in [0.1, 0.15) is 5.69 Å². The third-order valence-corrected chi connectivity index (χ3v) is 4.88. The summed E-state index contributed by atoms with van der Waals surface area (Å²) in [4.78, 5) is 19.4. The number of amides is 1. The summed E-state index contributed by atoms with van der Waals surface area (Å²) in [5.41, 5.74) is 1.44. The largest absolute Gasteiger partial charge is 0.333 e. The van der Waals surface area contributed by atoms with Crippen molar-refractivity contribution in [3.8, 4) is 0 Å². The fourth-order valence-electron chi connectivity index (χ4n) is 2.94. The van der Waals surface area contributed by atoms with Crippen LogP contribution in [0.15, 0.2) is 36.4 Å². The molecule has 2 aromatic rings. The summed E-state index contributed by atoms with van der Waals surface area (Å²) < 4.78 is 0. The maximum absolute atomic E-state index is 12.8. The number of rotatable bonds is 2. The Morgan fingerprint density at radius 1 is 1.19 bits per heavy atom. The molecule has 110 valence electrons. The number of hydrogen-bond donors (Lipinski definition) is 0. The molecule has 1 aliphatic heterocycles. The third kappa shape index (κ3) is 3.10. The molecule has 4 heteroatoms. The minimum Gasteiger partial charge on any atom is -0.333 e. The Morgan fingerprint density at radius 2 is 2.05 bits per heavy atom. The van der Waals surface area contributed by atoms with Crippen LogP contribution in [0.4, 0.5) is 0 Å². The maximum Gasteiger partial charge on any atom is 0.272 e. The molecule has 1 fully saturated rings. The number of alkyl halides is 1. The van der Waals surface area contributed by atoms with Gasteiger partial charge in [0.05, 0.1) is 5.52 Å². The lowest BCUT2D eigenvalue weighted by Crippen LogP contribution is -2.41. The van der Waals surface area contributed by atoms with Gasteiger partial charge in [0.2, 0.25) is 0 Å². The first-order valence-corrected chi connectivity index (χ1v) is 8.64. The van der Waals surface area contributed by atoms with Gasteiger partial charge in [-0.05, 0) is 25.0 Å². The van der Waals surface area contributed by atoms with Gasteiger partial charge >= 0.3 is 0 Å². The predicted octanol–water partition coefficient (Wildman–Crippen LogP) is 4.01. The van der Waals surface area contributed by atoms with Crippen LogP contribution in [0.1, 0.15) is 36.2 Å². The van der Waals surface area contributed by atoms with Crippen LogP contribution in [0.5, 0.6) is 0 Å². The first-order chi connectivity index (χ1) is 10.3. The van der Waals surface area contributed by atoms with Crippen molar-refractivity contribution in [1.82, 2.24) is 9.88 Å². The highest BCUT2D eigenvalue weighted by Crippen LogP contribution is 2.21. The van der Waals surface area contributed by atoms with Gasteiger partial charge in [-0.25, -0.2) is 4.98 Å². The van der Waals surface area contributed by atoms with E-state index in [4.69, 9.17) is 0 Å². The Labute approximate surface area is 133 Å². The van der Waals surface area contributed by atoms with E-state index in [1.54, 1.807) is 0 Å². The van der Waals surface area contributed by atoms with E-state index in [2.05, 4.69) is 20.9 Å². The molecule has 1 saturated heterocycles. The number of likely N-dealkylation sites (tertiary alicyclic amines) is 1. The van der Waals surface area contributed by atoms with E-state index >= 15 is 0 Å². The molecular weight excluding hydrogens is 328 g/mol. The summed E-state index contributed by atoms with van der Waals surface area (Å²) in [7, 11) is 0. The molecule has 3 rings (SSSR count). The van der Waals surface area contributed by atoms with Crippen LogP contribution >= 0.6 is 15.9 Å². The van der Waals surface area contributed by atoms with E-state index in [0.29, 0.717) is 5.69 Å². The van der Waals surface area contributed by atoms with E-state index in [0.717, 1.165) is 35.6 Å². The molecule has 0 N–H and O–H groups in total. The average Bonchev–Trinajstić information content (AvgIpc) is 2.79. The Kier molecular flexibility index (Phi) is 4.54. The fraction of sp³-hybridized carbons (Fsp3) is 0.412. The average molecular weight is 347 g/mol. The summed E-state index contributed by atoms with van der Waals surface area (Å²) in [6.07, 6.45) is 4.57. The van der Waals surface area contributed by atoms with Crippen LogP contribution in [-0.4, -0.2) is 33.7 Å². The second-order valence-corrected chi connectivity index (χ2v) is 6.19. The lowest BCUT2D eigenvalue weighted by atomic mass is 10.1. The molecule has 3 nitrogen and oxygen atoms in total. The minimum atomic E-state index is 0.0621. The van der Waals surface area contributed by atoms with Crippen molar-refractivity contribution in [2.45, 2.75) is 31.7 Å². The summed E-state index contributed by atoms with van der Waals surface area (Å²) >= 11 is 3.55. The second-order valence-electron chi connectivity index (χ2n) is 5.55. The normalized spacial score (nSPS) is 19.5. The minimum absolute atomic E-state index is 0.0621. The van der Waals surface area contributed by atoms with E-state index in [-0.39, 0.29) is 11.9 Å². The van der Waals surface area contributed by atoms with Crippen LogP contribution in [-0.2, 0) is 0 Å². The maximum atomic E-state index is 12.8. The van der Waals surface area contributed by atoms with Gasteiger partial charge < -0.3 is 4.90 Å². The van der Waals surface area contributed by atoms with Gasteiger partial charge in [-0.2, -0.15) is 0 Å². The Bertz CT molecular complexity index is 643. The molecule has 0 spiro atoms. The van der Waals surface area contributed by atoms with Crippen LogP contribution in [0.2, 0.25) is 0 Å². The van der Waals surface area contributed by atoms with Crippen molar-refractivity contribution in [3.63, 3.8) is 0 Å². The van der Waals surface area contributed by atoms with Crippen molar-refractivity contribution in [3.05, 3.63) is 42.1 Å². The number of carbonyl (C=O) groups excluding carboxylic acids is 1. The SMILES string of the molecule is O=C(c1ccc2ccccc2n1)N1CCCCCC1CBr. The van der Waals surface area contributed by atoms with Crippen LogP contribution in [0.25, 0.3) is 10.9 Å². The highest BCUT2D eigenvalue weighted by Gasteiger charge is 2.26.